The SMILES string of the molecule is CCCCCCCCCNC(=NC)NCc1ccc(S(N)(=O)=O)cc1.I. The van der Waals surface area contributed by atoms with Crippen molar-refractivity contribution < 1.29 is 8.42 Å². The van der Waals surface area contributed by atoms with Crippen molar-refractivity contribution in [3.05, 3.63) is 29.8 Å². The molecule has 0 saturated carbocycles. The standard InChI is InChI=1S/C18H32N4O2S.HI/c1-3-4-5-6-7-8-9-14-21-18(20-2)22-15-16-10-12-17(13-11-16)25(19,23)24;/h10-13H,3-9,14-15H2,1-2H3,(H2,19,23,24)(H2,20,21,22);1H. The second-order valence-corrected chi connectivity index (χ2v) is 7.72. The highest BCUT2D eigenvalue weighted by Gasteiger charge is 2.06. The average molecular weight is 496 g/mol. The predicted octanol–water partition coefficient (Wildman–Crippen LogP) is 3.37. The second kappa shape index (κ2) is 14.2. The Hall–Kier alpha value is -0.870. The number of hydrogen-bond donors (Lipinski definition) is 3. The third-order valence-electron chi connectivity index (χ3n) is 4.01. The van der Waals surface area contributed by atoms with Crippen LogP contribution in [0.3, 0.4) is 0 Å². The fourth-order valence-corrected chi connectivity index (χ4v) is 3.01. The van der Waals surface area contributed by atoms with Gasteiger partial charge in [-0.15, -0.1) is 24.0 Å². The lowest BCUT2D eigenvalue weighted by Crippen LogP contribution is -2.37. The minimum absolute atomic E-state index is 0. The molecular weight excluding hydrogens is 463 g/mol. The maximum Gasteiger partial charge on any atom is 0.238 e. The molecule has 1 aromatic carbocycles. The van der Waals surface area contributed by atoms with Crippen molar-refractivity contribution in [2.75, 3.05) is 13.6 Å². The molecule has 0 bridgehead atoms. The lowest BCUT2D eigenvalue weighted by atomic mass is 10.1. The van der Waals surface area contributed by atoms with Crippen LogP contribution in [0, 0.1) is 0 Å². The third kappa shape index (κ3) is 11.0. The summed E-state index contributed by atoms with van der Waals surface area (Å²) in [6.45, 7) is 3.70. The largest absolute Gasteiger partial charge is 0.356 e. The van der Waals surface area contributed by atoms with Gasteiger partial charge in [0.15, 0.2) is 5.96 Å². The van der Waals surface area contributed by atoms with Gasteiger partial charge in [0.1, 0.15) is 0 Å². The monoisotopic (exact) mass is 496 g/mol. The van der Waals surface area contributed by atoms with Gasteiger partial charge in [-0.25, -0.2) is 13.6 Å². The number of nitrogens with two attached hydrogens (primary N) is 1. The van der Waals surface area contributed by atoms with E-state index in [-0.39, 0.29) is 28.9 Å². The van der Waals surface area contributed by atoms with Crippen LogP contribution >= 0.6 is 24.0 Å². The minimum atomic E-state index is -3.64. The van der Waals surface area contributed by atoms with Crippen molar-refractivity contribution in [2.24, 2.45) is 10.1 Å². The Bertz CT molecular complexity index is 619. The van der Waals surface area contributed by atoms with E-state index >= 15 is 0 Å². The Morgan fingerprint density at radius 2 is 1.58 bits per heavy atom. The van der Waals surface area contributed by atoms with Gasteiger partial charge in [0.2, 0.25) is 10.0 Å². The number of sulfonamides is 1. The van der Waals surface area contributed by atoms with Crippen LogP contribution in [-0.4, -0.2) is 28.0 Å². The van der Waals surface area contributed by atoms with Gasteiger partial charge in [0.05, 0.1) is 4.90 Å². The summed E-state index contributed by atoms with van der Waals surface area (Å²) in [5, 5.41) is 11.6. The molecule has 0 aliphatic rings. The summed E-state index contributed by atoms with van der Waals surface area (Å²) in [5.74, 6) is 0.751. The van der Waals surface area contributed by atoms with Crippen LogP contribution < -0.4 is 15.8 Å². The van der Waals surface area contributed by atoms with Crippen LogP contribution in [0.15, 0.2) is 34.2 Å². The van der Waals surface area contributed by atoms with Crippen LogP contribution in [-0.2, 0) is 16.6 Å². The zero-order valence-corrected chi connectivity index (χ0v) is 19.0. The zero-order chi connectivity index (χ0) is 18.5. The first-order valence-electron chi connectivity index (χ1n) is 9.03. The third-order valence-corrected chi connectivity index (χ3v) is 4.94. The maximum atomic E-state index is 11.2. The van der Waals surface area contributed by atoms with Crippen molar-refractivity contribution in [2.45, 2.75) is 63.3 Å². The van der Waals surface area contributed by atoms with E-state index in [1.807, 2.05) is 0 Å². The molecule has 0 atom stereocenters. The molecule has 4 N–H and O–H groups in total. The summed E-state index contributed by atoms with van der Waals surface area (Å²) >= 11 is 0. The van der Waals surface area contributed by atoms with Crippen molar-refractivity contribution in [1.29, 1.82) is 0 Å². The predicted molar refractivity (Wildman–Crippen MR) is 119 cm³/mol. The van der Waals surface area contributed by atoms with Crippen LogP contribution in [0.2, 0.25) is 0 Å². The van der Waals surface area contributed by atoms with Crippen molar-refractivity contribution >= 4 is 40.0 Å². The van der Waals surface area contributed by atoms with E-state index in [9.17, 15) is 8.42 Å². The number of hydrogen-bond acceptors (Lipinski definition) is 3. The molecule has 26 heavy (non-hydrogen) atoms. The van der Waals surface area contributed by atoms with Crippen molar-refractivity contribution in [3.63, 3.8) is 0 Å². The fourth-order valence-electron chi connectivity index (χ4n) is 2.49. The van der Waals surface area contributed by atoms with Gasteiger partial charge < -0.3 is 10.6 Å². The van der Waals surface area contributed by atoms with E-state index in [1.165, 1.54) is 50.7 Å². The summed E-state index contributed by atoms with van der Waals surface area (Å²) in [6.07, 6.45) is 8.97. The van der Waals surface area contributed by atoms with E-state index in [0.29, 0.717) is 6.54 Å². The number of guanidine groups is 1. The van der Waals surface area contributed by atoms with Gasteiger partial charge in [-0.1, -0.05) is 57.6 Å². The van der Waals surface area contributed by atoms with E-state index in [1.54, 1.807) is 19.2 Å². The minimum Gasteiger partial charge on any atom is -0.356 e. The molecule has 1 rings (SSSR count). The Morgan fingerprint density at radius 1 is 1.00 bits per heavy atom. The molecule has 1 aromatic rings. The topological polar surface area (TPSA) is 96.6 Å². The number of aliphatic imine (C=N–C) groups is 1. The molecule has 0 spiro atoms. The van der Waals surface area contributed by atoms with Crippen LogP contribution in [0.5, 0.6) is 0 Å². The molecule has 8 heteroatoms. The number of rotatable bonds is 11. The Morgan fingerprint density at radius 3 is 2.12 bits per heavy atom. The van der Waals surface area contributed by atoms with Crippen LogP contribution in [0.4, 0.5) is 0 Å². The summed E-state index contributed by atoms with van der Waals surface area (Å²) in [5.41, 5.74) is 0.964. The number of unbranched alkanes of at least 4 members (excludes halogenated alkanes) is 6. The smallest absolute Gasteiger partial charge is 0.238 e. The molecule has 0 fully saturated rings. The first-order chi connectivity index (χ1) is 12.0. The average Bonchev–Trinajstić information content (AvgIpc) is 2.59. The van der Waals surface area contributed by atoms with E-state index in [4.69, 9.17) is 5.14 Å². The summed E-state index contributed by atoms with van der Waals surface area (Å²) in [4.78, 5) is 4.32. The van der Waals surface area contributed by atoms with Gasteiger partial charge >= 0.3 is 0 Å². The molecule has 0 aliphatic heterocycles. The van der Waals surface area contributed by atoms with Gasteiger partial charge in [-0.3, -0.25) is 4.99 Å². The normalized spacial score (nSPS) is 11.7. The van der Waals surface area contributed by atoms with Crippen LogP contribution in [0.1, 0.15) is 57.4 Å². The van der Waals surface area contributed by atoms with E-state index in [0.717, 1.165) is 24.5 Å². The van der Waals surface area contributed by atoms with Crippen LogP contribution in [0.25, 0.3) is 0 Å². The molecule has 150 valence electrons. The Labute approximate surface area is 175 Å². The summed E-state index contributed by atoms with van der Waals surface area (Å²) in [6, 6.07) is 6.52. The quantitative estimate of drug-likeness (QED) is 0.190. The summed E-state index contributed by atoms with van der Waals surface area (Å²) in [7, 11) is -1.90. The lowest BCUT2D eigenvalue weighted by Gasteiger charge is -2.12. The highest BCUT2D eigenvalue weighted by molar-refractivity contribution is 14.0. The first kappa shape index (κ1) is 25.1. The lowest BCUT2D eigenvalue weighted by molar-refractivity contribution is 0.583. The number of nitrogens with zero attached hydrogens (tertiary/aromatic N) is 1. The number of nitrogens with one attached hydrogen (secondary N) is 2. The fraction of sp³-hybridized carbons (Fsp3) is 0.611. The highest BCUT2D eigenvalue weighted by atomic mass is 127. The van der Waals surface area contributed by atoms with Gasteiger partial charge in [-0.05, 0) is 24.1 Å². The van der Waals surface area contributed by atoms with Crippen molar-refractivity contribution in [3.8, 4) is 0 Å². The first-order valence-corrected chi connectivity index (χ1v) is 10.6. The van der Waals surface area contributed by atoms with Crippen molar-refractivity contribution in [1.82, 2.24) is 10.6 Å². The molecule has 0 aromatic heterocycles. The molecular formula is C18H33IN4O2S. The highest BCUT2D eigenvalue weighted by Crippen LogP contribution is 2.08. The zero-order valence-electron chi connectivity index (χ0n) is 15.8. The molecule has 0 amide bonds. The van der Waals surface area contributed by atoms with E-state index in [2.05, 4.69) is 22.5 Å². The molecule has 0 heterocycles. The number of primary sulfonamides is 1. The second-order valence-electron chi connectivity index (χ2n) is 6.16. The van der Waals surface area contributed by atoms with Gasteiger partial charge in [-0.2, -0.15) is 0 Å². The summed E-state index contributed by atoms with van der Waals surface area (Å²) < 4.78 is 22.5. The molecule has 0 aliphatic carbocycles. The number of benzene rings is 1. The van der Waals surface area contributed by atoms with Gasteiger partial charge in [0.25, 0.3) is 0 Å². The molecule has 6 nitrogen and oxygen atoms in total. The number of halogens is 1. The van der Waals surface area contributed by atoms with Gasteiger partial charge in [0, 0.05) is 20.1 Å². The molecule has 0 radical (unpaired) electrons. The molecule has 0 saturated heterocycles. The Kier molecular flexibility index (Phi) is 13.7. The maximum absolute atomic E-state index is 11.2. The van der Waals surface area contributed by atoms with E-state index < -0.39 is 10.0 Å². The molecule has 0 unspecified atom stereocenters. The Balaban J connectivity index is 0.00000625.